The molecule has 0 amide bonds. The van der Waals surface area contributed by atoms with Gasteiger partial charge in [-0.1, -0.05) is 0 Å². The number of nitrogens with one attached hydrogen (secondary N) is 2. The minimum atomic E-state index is -0.969. The molecule has 0 radical (unpaired) electrons. The van der Waals surface area contributed by atoms with Gasteiger partial charge >= 0.3 is 5.97 Å². The third kappa shape index (κ3) is 4.13. The average Bonchev–Trinajstić information content (AvgIpc) is 2.62. The molecule has 0 spiro atoms. The molecule has 7 nitrogen and oxygen atoms in total. The topological polar surface area (TPSA) is 111 Å². The maximum Gasteiger partial charge on any atom is 0.335 e. The van der Waals surface area contributed by atoms with Gasteiger partial charge in [0.05, 0.1) is 17.2 Å². The van der Waals surface area contributed by atoms with Crippen molar-refractivity contribution >= 4 is 29.0 Å². The predicted molar refractivity (Wildman–Crippen MR) is 97.9 cm³/mol. The van der Waals surface area contributed by atoms with Gasteiger partial charge in [0, 0.05) is 17.4 Å². The summed E-state index contributed by atoms with van der Waals surface area (Å²) in [6, 6.07) is 17.3. The molecule has 0 aliphatic carbocycles. The van der Waals surface area contributed by atoms with Gasteiger partial charge < -0.3 is 15.7 Å². The van der Waals surface area contributed by atoms with E-state index in [1.54, 1.807) is 49.4 Å². The van der Waals surface area contributed by atoms with Crippen molar-refractivity contribution in [1.82, 2.24) is 9.97 Å². The van der Waals surface area contributed by atoms with Crippen molar-refractivity contribution in [1.29, 1.82) is 5.26 Å². The second-order valence-corrected chi connectivity index (χ2v) is 5.51. The number of nitrogens with zero attached hydrogens (tertiary/aromatic N) is 3. The van der Waals surface area contributed by atoms with E-state index in [1.807, 2.05) is 0 Å². The molecule has 3 N–H and O–H groups in total. The number of hydrogen-bond acceptors (Lipinski definition) is 6. The number of carboxylic acids is 1. The van der Waals surface area contributed by atoms with Gasteiger partial charge in [-0.05, 0) is 55.5 Å². The standard InChI is InChI=1S/C19H15N5O2/c1-12-21-17(23-15-6-2-13(11-20)3-7-15)10-18(22-12)24-16-8-4-14(5-9-16)19(25)26/h2-10H,1H3,(H,25,26)(H2,21,22,23,24). The lowest BCUT2D eigenvalue weighted by Gasteiger charge is -2.10. The number of hydrogen-bond donors (Lipinski definition) is 3. The van der Waals surface area contributed by atoms with Crippen LogP contribution in [0.3, 0.4) is 0 Å². The SMILES string of the molecule is Cc1nc(Nc2ccc(C#N)cc2)cc(Nc2ccc(C(=O)O)cc2)n1. The highest BCUT2D eigenvalue weighted by molar-refractivity contribution is 5.88. The molecule has 0 aliphatic heterocycles. The van der Waals surface area contributed by atoms with Gasteiger partial charge in [0.2, 0.25) is 0 Å². The fraction of sp³-hybridized carbons (Fsp3) is 0.0526. The van der Waals surface area contributed by atoms with E-state index >= 15 is 0 Å². The molecule has 26 heavy (non-hydrogen) atoms. The first-order valence-corrected chi connectivity index (χ1v) is 7.77. The Hall–Kier alpha value is -3.92. The van der Waals surface area contributed by atoms with Crippen LogP contribution in [0.15, 0.2) is 54.6 Å². The van der Waals surface area contributed by atoms with Crippen LogP contribution in [0.5, 0.6) is 0 Å². The number of aromatic carboxylic acids is 1. The third-order valence-corrected chi connectivity index (χ3v) is 3.53. The van der Waals surface area contributed by atoms with Gasteiger partial charge in [0.15, 0.2) is 0 Å². The molecular weight excluding hydrogens is 330 g/mol. The molecule has 0 aliphatic rings. The van der Waals surface area contributed by atoms with E-state index in [2.05, 4.69) is 26.7 Å². The maximum absolute atomic E-state index is 10.9. The minimum absolute atomic E-state index is 0.220. The van der Waals surface area contributed by atoms with E-state index in [9.17, 15) is 4.79 Å². The largest absolute Gasteiger partial charge is 0.478 e. The highest BCUT2D eigenvalue weighted by atomic mass is 16.4. The average molecular weight is 345 g/mol. The van der Waals surface area contributed by atoms with Crippen molar-refractivity contribution in [2.45, 2.75) is 6.92 Å². The quantitative estimate of drug-likeness (QED) is 0.644. The summed E-state index contributed by atoms with van der Waals surface area (Å²) in [5.74, 6) is 0.792. The second kappa shape index (κ2) is 7.32. The summed E-state index contributed by atoms with van der Waals surface area (Å²) in [4.78, 5) is 19.6. The molecule has 0 unspecified atom stereocenters. The van der Waals surface area contributed by atoms with Crippen LogP contribution in [0, 0.1) is 18.3 Å². The summed E-state index contributed by atoms with van der Waals surface area (Å²) >= 11 is 0. The Morgan fingerprint density at radius 1 is 0.962 bits per heavy atom. The number of nitriles is 1. The summed E-state index contributed by atoms with van der Waals surface area (Å²) in [5.41, 5.74) is 2.33. The second-order valence-electron chi connectivity index (χ2n) is 5.51. The van der Waals surface area contributed by atoms with E-state index in [0.29, 0.717) is 23.0 Å². The fourth-order valence-electron chi connectivity index (χ4n) is 2.32. The molecule has 1 heterocycles. The molecule has 3 rings (SSSR count). The van der Waals surface area contributed by atoms with Crippen molar-refractivity contribution in [3.8, 4) is 6.07 Å². The zero-order valence-corrected chi connectivity index (χ0v) is 13.9. The molecule has 3 aromatic rings. The Morgan fingerprint density at radius 2 is 1.46 bits per heavy atom. The van der Waals surface area contributed by atoms with Crippen LogP contribution < -0.4 is 10.6 Å². The monoisotopic (exact) mass is 345 g/mol. The van der Waals surface area contributed by atoms with Crippen molar-refractivity contribution < 1.29 is 9.90 Å². The number of benzene rings is 2. The lowest BCUT2D eigenvalue weighted by Crippen LogP contribution is -2.02. The molecule has 1 aromatic heterocycles. The van der Waals surface area contributed by atoms with Crippen LogP contribution in [0.4, 0.5) is 23.0 Å². The van der Waals surface area contributed by atoms with Gasteiger partial charge in [-0.25, -0.2) is 14.8 Å². The molecule has 7 heteroatoms. The molecule has 128 valence electrons. The van der Waals surface area contributed by atoms with E-state index in [1.165, 1.54) is 12.1 Å². The molecule has 0 saturated heterocycles. The number of aromatic nitrogens is 2. The summed E-state index contributed by atoms with van der Waals surface area (Å²) in [5, 5.41) is 24.1. The van der Waals surface area contributed by atoms with E-state index in [-0.39, 0.29) is 5.56 Å². The van der Waals surface area contributed by atoms with Crippen LogP contribution >= 0.6 is 0 Å². The van der Waals surface area contributed by atoms with Crippen LogP contribution in [-0.4, -0.2) is 21.0 Å². The Morgan fingerprint density at radius 3 is 1.92 bits per heavy atom. The van der Waals surface area contributed by atoms with Crippen molar-refractivity contribution in [2.75, 3.05) is 10.6 Å². The predicted octanol–water partition coefficient (Wildman–Crippen LogP) is 3.84. The van der Waals surface area contributed by atoms with Crippen LogP contribution in [0.2, 0.25) is 0 Å². The highest BCUT2D eigenvalue weighted by Gasteiger charge is 2.05. The van der Waals surface area contributed by atoms with Gasteiger partial charge in [-0.2, -0.15) is 5.26 Å². The molecule has 2 aromatic carbocycles. The Bertz CT molecular complexity index is 976. The summed E-state index contributed by atoms with van der Waals surface area (Å²) < 4.78 is 0. The zero-order chi connectivity index (χ0) is 18.5. The smallest absolute Gasteiger partial charge is 0.335 e. The van der Waals surface area contributed by atoms with Gasteiger partial charge in [0.1, 0.15) is 17.5 Å². The zero-order valence-electron chi connectivity index (χ0n) is 13.9. The van der Waals surface area contributed by atoms with E-state index < -0.39 is 5.97 Å². The van der Waals surface area contributed by atoms with Gasteiger partial charge in [-0.15, -0.1) is 0 Å². The number of anilines is 4. The minimum Gasteiger partial charge on any atom is -0.478 e. The normalized spacial score (nSPS) is 10.0. The summed E-state index contributed by atoms with van der Waals surface area (Å²) in [6.45, 7) is 1.78. The first-order chi connectivity index (χ1) is 12.5. The van der Waals surface area contributed by atoms with Crippen LogP contribution in [0.25, 0.3) is 0 Å². The van der Waals surface area contributed by atoms with Gasteiger partial charge in [-0.3, -0.25) is 0 Å². The van der Waals surface area contributed by atoms with Crippen molar-refractivity contribution in [3.05, 3.63) is 71.5 Å². The Balaban J connectivity index is 1.78. The molecule has 0 fully saturated rings. The molecule has 0 atom stereocenters. The van der Waals surface area contributed by atoms with Gasteiger partial charge in [0.25, 0.3) is 0 Å². The molecular formula is C19H15N5O2. The molecule has 0 bridgehead atoms. The first kappa shape index (κ1) is 16.9. The Kier molecular flexibility index (Phi) is 4.76. The number of rotatable bonds is 5. The Labute approximate surface area is 150 Å². The summed E-state index contributed by atoms with van der Waals surface area (Å²) in [7, 11) is 0. The van der Waals surface area contributed by atoms with Crippen molar-refractivity contribution in [2.24, 2.45) is 0 Å². The number of carbonyl (C=O) groups is 1. The van der Waals surface area contributed by atoms with Crippen LogP contribution in [0.1, 0.15) is 21.7 Å². The lowest BCUT2D eigenvalue weighted by molar-refractivity contribution is 0.0697. The highest BCUT2D eigenvalue weighted by Crippen LogP contribution is 2.21. The summed E-state index contributed by atoms with van der Waals surface area (Å²) in [6.07, 6.45) is 0. The fourth-order valence-corrected chi connectivity index (χ4v) is 2.32. The van der Waals surface area contributed by atoms with E-state index in [0.717, 1.165) is 11.4 Å². The van der Waals surface area contributed by atoms with Crippen molar-refractivity contribution in [3.63, 3.8) is 0 Å². The number of carboxylic acid groups (broad SMARTS) is 1. The lowest BCUT2D eigenvalue weighted by atomic mass is 10.2. The third-order valence-electron chi connectivity index (χ3n) is 3.53. The molecule has 0 saturated carbocycles. The van der Waals surface area contributed by atoms with E-state index in [4.69, 9.17) is 10.4 Å². The van der Waals surface area contributed by atoms with Crippen LogP contribution in [-0.2, 0) is 0 Å². The number of aryl methyl sites for hydroxylation is 1. The maximum atomic E-state index is 10.9. The first-order valence-electron chi connectivity index (χ1n) is 7.77.